The molecule has 0 aliphatic heterocycles. The summed E-state index contributed by atoms with van der Waals surface area (Å²) >= 11 is 0. The quantitative estimate of drug-likeness (QED) is 0.915. The molecule has 0 spiro atoms. The summed E-state index contributed by atoms with van der Waals surface area (Å²) in [4.78, 5) is 14.0. The number of hydrogen-bond donors (Lipinski definition) is 1. The highest BCUT2D eigenvalue weighted by Crippen LogP contribution is 2.19. The summed E-state index contributed by atoms with van der Waals surface area (Å²) in [5, 5.41) is 0. The molecular weight excluding hydrogens is 236 g/mol. The molecule has 1 atom stereocenters. The van der Waals surface area contributed by atoms with E-state index in [1.54, 1.807) is 11.9 Å². The van der Waals surface area contributed by atoms with Crippen molar-refractivity contribution in [2.45, 2.75) is 13.0 Å². The molecule has 0 aliphatic rings. The average Bonchev–Trinajstić information content (AvgIpc) is 2.46. The SMILES string of the molecule is Cc1cccc(N(C)C(=O)C(N)c2ccccc2)c1. The predicted octanol–water partition coefficient (Wildman–Crippen LogP) is 2.66. The van der Waals surface area contributed by atoms with Crippen molar-refractivity contribution in [3.63, 3.8) is 0 Å². The van der Waals surface area contributed by atoms with Crippen LogP contribution < -0.4 is 10.6 Å². The summed E-state index contributed by atoms with van der Waals surface area (Å²) in [7, 11) is 1.75. The van der Waals surface area contributed by atoms with Crippen LogP contribution in [0.2, 0.25) is 0 Å². The van der Waals surface area contributed by atoms with Gasteiger partial charge < -0.3 is 10.6 Å². The molecule has 1 amide bonds. The number of nitrogens with two attached hydrogens (primary N) is 1. The molecule has 0 aromatic heterocycles. The van der Waals surface area contributed by atoms with Crippen LogP contribution in [-0.4, -0.2) is 13.0 Å². The van der Waals surface area contributed by atoms with Crippen LogP contribution in [0.15, 0.2) is 54.6 Å². The summed E-state index contributed by atoms with van der Waals surface area (Å²) in [5.41, 5.74) is 8.82. The number of carbonyl (C=O) groups is 1. The Hall–Kier alpha value is -2.13. The molecule has 2 N–H and O–H groups in total. The van der Waals surface area contributed by atoms with Gasteiger partial charge in [-0.15, -0.1) is 0 Å². The summed E-state index contributed by atoms with van der Waals surface area (Å²) in [6.07, 6.45) is 0. The van der Waals surface area contributed by atoms with Crippen molar-refractivity contribution < 1.29 is 4.79 Å². The highest BCUT2D eigenvalue weighted by molar-refractivity contribution is 5.97. The monoisotopic (exact) mass is 254 g/mol. The Morgan fingerprint density at radius 2 is 1.79 bits per heavy atom. The molecule has 19 heavy (non-hydrogen) atoms. The molecule has 98 valence electrons. The van der Waals surface area contributed by atoms with Gasteiger partial charge in [-0.25, -0.2) is 0 Å². The minimum absolute atomic E-state index is 0.114. The molecule has 3 nitrogen and oxygen atoms in total. The average molecular weight is 254 g/mol. The van der Waals surface area contributed by atoms with Gasteiger partial charge in [0, 0.05) is 12.7 Å². The summed E-state index contributed by atoms with van der Waals surface area (Å²) in [6, 6.07) is 16.6. The van der Waals surface area contributed by atoms with E-state index < -0.39 is 6.04 Å². The summed E-state index contributed by atoms with van der Waals surface area (Å²) in [5.74, 6) is -0.114. The van der Waals surface area contributed by atoms with E-state index in [0.717, 1.165) is 16.8 Å². The van der Waals surface area contributed by atoms with Gasteiger partial charge in [0.25, 0.3) is 0 Å². The van der Waals surface area contributed by atoms with Crippen LogP contribution >= 0.6 is 0 Å². The molecule has 2 rings (SSSR count). The Labute approximate surface area is 113 Å². The van der Waals surface area contributed by atoms with E-state index in [1.807, 2.05) is 61.5 Å². The standard InChI is InChI=1S/C16H18N2O/c1-12-7-6-10-14(11-12)18(2)16(19)15(17)13-8-4-3-5-9-13/h3-11,15H,17H2,1-2H3. The lowest BCUT2D eigenvalue weighted by atomic mass is 10.1. The predicted molar refractivity (Wildman–Crippen MR) is 78.0 cm³/mol. The lowest BCUT2D eigenvalue weighted by Crippen LogP contribution is -2.35. The topological polar surface area (TPSA) is 46.3 Å². The number of likely N-dealkylation sites (N-methyl/N-ethyl adjacent to an activating group) is 1. The zero-order chi connectivity index (χ0) is 13.8. The van der Waals surface area contributed by atoms with E-state index in [4.69, 9.17) is 5.73 Å². The van der Waals surface area contributed by atoms with Crippen LogP contribution in [0.1, 0.15) is 17.2 Å². The normalized spacial score (nSPS) is 11.9. The van der Waals surface area contributed by atoms with Gasteiger partial charge in [-0.05, 0) is 30.2 Å². The zero-order valence-corrected chi connectivity index (χ0v) is 11.2. The van der Waals surface area contributed by atoms with E-state index >= 15 is 0 Å². The highest BCUT2D eigenvalue weighted by Gasteiger charge is 2.20. The van der Waals surface area contributed by atoms with E-state index in [2.05, 4.69) is 0 Å². The van der Waals surface area contributed by atoms with Crippen molar-refractivity contribution in [2.75, 3.05) is 11.9 Å². The van der Waals surface area contributed by atoms with Gasteiger partial charge in [0.05, 0.1) is 0 Å². The number of amides is 1. The largest absolute Gasteiger partial charge is 0.316 e. The van der Waals surface area contributed by atoms with Crippen molar-refractivity contribution in [3.8, 4) is 0 Å². The van der Waals surface area contributed by atoms with Gasteiger partial charge in [-0.1, -0.05) is 42.5 Å². The van der Waals surface area contributed by atoms with Crippen molar-refractivity contribution in [1.82, 2.24) is 0 Å². The third kappa shape index (κ3) is 3.01. The number of aryl methyl sites for hydroxylation is 1. The fourth-order valence-electron chi connectivity index (χ4n) is 1.98. The molecule has 0 bridgehead atoms. The molecule has 1 unspecified atom stereocenters. The van der Waals surface area contributed by atoms with Crippen molar-refractivity contribution in [1.29, 1.82) is 0 Å². The minimum atomic E-state index is -0.633. The molecule has 0 radical (unpaired) electrons. The molecule has 0 aliphatic carbocycles. The van der Waals surface area contributed by atoms with Gasteiger partial charge in [-0.3, -0.25) is 4.79 Å². The van der Waals surface area contributed by atoms with E-state index in [0.29, 0.717) is 0 Å². The van der Waals surface area contributed by atoms with Crippen molar-refractivity contribution >= 4 is 11.6 Å². The summed E-state index contributed by atoms with van der Waals surface area (Å²) in [6.45, 7) is 2.00. The Balaban J connectivity index is 2.20. The molecule has 0 saturated carbocycles. The number of nitrogens with zero attached hydrogens (tertiary/aromatic N) is 1. The summed E-state index contributed by atoms with van der Waals surface area (Å²) < 4.78 is 0. The van der Waals surface area contributed by atoms with Gasteiger partial charge in [-0.2, -0.15) is 0 Å². The number of rotatable bonds is 3. The second-order valence-corrected chi connectivity index (χ2v) is 4.62. The van der Waals surface area contributed by atoms with Gasteiger partial charge in [0.1, 0.15) is 6.04 Å². The first-order valence-electron chi connectivity index (χ1n) is 6.24. The molecule has 3 heteroatoms. The lowest BCUT2D eigenvalue weighted by Gasteiger charge is -2.22. The number of carbonyl (C=O) groups excluding carboxylic acids is 1. The van der Waals surface area contributed by atoms with Crippen LogP contribution in [0.5, 0.6) is 0 Å². The van der Waals surface area contributed by atoms with Crippen LogP contribution in [-0.2, 0) is 4.79 Å². The van der Waals surface area contributed by atoms with Crippen LogP contribution in [0.4, 0.5) is 5.69 Å². The first kappa shape index (κ1) is 13.3. The maximum absolute atomic E-state index is 12.4. The van der Waals surface area contributed by atoms with Gasteiger partial charge in [0.2, 0.25) is 5.91 Å². The number of benzene rings is 2. The number of hydrogen-bond acceptors (Lipinski definition) is 2. The lowest BCUT2D eigenvalue weighted by molar-refractivity contribution is -0.119. The molecule has 0 saturated heterocycles. The fraction of sp³-hybridized carbons (Fsp3) is 0.188. The van der Waals surface area contributed by atoms with Crippen molar-refractivity contribution in [2.24, 2.45) is 5.73 Å². The second kappa shape index (κ2) is 5.67. The molecule has 2 aromatic carbocycles. The number of anilines is 1. The Kier molecular flexibility index (Phi) is 3.97. The third-order valence-electron chi connectivity index (χ3n) is 3.14. The first-order chi connectivity index (χ1) is 9.09. The highest BCUT2D eigenvalue weighted by atomic mass is 16.2. The minimum Gasteiger partial charge on any atom is -0.316 e. The van der Waals surface area contributed by atoms with Crippen LogP contribution in [0, 0.1) is 6.92 Å². The maximum atomic E-state index is 12.4. The maximum Gasteiger partial charge on any atom is 0.248 e. The van der Waals surface area contributed by atoms with Gasteiger partial charge >= 0.3 is 0 Å². The Bertz CT molecular complexity index is 566. The Morgan fingerprint density at radius 1 is 1.11 bits per heavy atom. The molecular formula is C16H18N2O. The van der Waals surface area contributed by atoms with Gasteiger partial charge in [0.15, 0.2) is 0 Å². The van der Waals surface area contributed by atoms with Crippen molar-refractivity contribution in [3.05, 3.63) is 65.7 Å². The Morgan fingerprint density at radius 3 is 2.42 bits per heavy atom. The van der Waals surface area contributed by atoms with Crippen LogP contribution in [0.25, 0.3) is 0 Å². The molecule has 2 aromatic rings. The molecule has 0 heterocycles. The van der Waals surface area contributed by atoms with E-state index in [-0.39, 0.29) is 5.91 Å². The van der Waals surface area contributed by atoms with E-state index in [9.17, 15) is 4.79 Å². The first-order valence-corrected chi connectivity index (χ1v) is 6.24. The smallest absolute Gasteiger partial charge is 0.248 e. The second-order valence-electron chi connectivity index (χ2n) is 4.62. The fourth-order valence-corrected chi connectivity index (χ4v) is 1.98. The third-order valence-corrected chi connectivity index (χ3v) is 3.14. The zero-order valence-electron chi connectivity index (χ0n) is 11.2. The van der Waals surface area contributed by atoms with Crippen LogP contribution in [0.3, 0.4) is 0 Å². The van der Waals surface area contributed by atoms with E-state index in [1.165, 1.54) is 0 Å². The molecule has 0 fully saturated rings.